The van der Waals surface area contributed by atoms with Crippen molar-refractivity contribution >= 4 is 32.4 Å². The van der Waals surface area contributed by atoms with Crippen molar-refractivity contribution in [3.63, 3.8) is 0 Å². The van der Waals surface area contributed by atoms with Crippen molar-refractivity contribution in [1.29, 1.82) is 0 Å². The van der Waals surface area contributed by atoms with Crippen LogP contribution >= 0.6 is 11.3 Å². The zero-order chi connectivity index (χ0) is 22.2. The standard InChI is InChI=1S/C21H28N4O4S2/c1-15-4-6-16(7-5-15)17-14-30-20(22-17)23-19(27)13-24-11-9-21(18(26)12-24)8-3-10-25(21)31(2,28)29/h4-7,14,18,26H,3,8-13H2,1-2H3,(H,22,23,27)/t18-,21-/m0/s1. The number of hydrogen-bond donors (Lipinski definition) is 2. The number of benzene rings is 1. The average molecular weight is 465 g/mol. The Bertz CT molecular complexity index is 1050. The number of amides is 1. The van der Waals surface area contributed by atoms with Crippen LogP contribution in [0.1, 0.15) is 24.8 Å². The highest BCUT2D eigenvalue weighted by atomic mass is 32.2. The Morgan fingerprint density at radius 2 is 2.03 bits per heavy atom. The molecule has 2 saturated heterocycles. The fourth-order valence-electron chi connectivity index (χ4n) is 4.67. The van der Waals surface area contributed by atoms with Gasteiger partial charge in [0.2, 0.25) is 15.9 Å². The number of hydrogen-bond acceptors (Lipinski definition) is 7. The first-order valence-electron chi connectivity index (χ1n) is 10.4. The highest BCUT2D eigenvalue weighted by Crippen LogP contribution is 2.40. The van der Waals surface area contributed by atoms with Gasteiger partial charge in [0.15, 0.2) is 5.13 Å². The molecule has 2 atom stereocenters. The lowest BCUT2D eigenvalue weighted by Gasteiger charge is -2.47. The van der Waals surface area contributed by atoms with Crippen LogP contribution in [0.25, 0.3) is 11.3 Å². The zero-order valence-corrected chi connectivity index (χ0v) is 19.4. The number of carbonyl (C=O) groups is 1. The Hall–Kier alpha value is -1.85. The Balaban J connectivity index is 1.35. The van der Waals surface area contributed by atoms with E-state index in [0.717, 1.165) is 17.7 Å². The molecule has 0 bridgehead atoms. The fourth-order valence-corrected chi connectivity index (χ4v) is 6.83. The smallest absolute Gasteiger partial charge is 0.240 e. The number of β-amino-alcohol motifs (C(OH)–C–C–N with tert-alkyl or cyclic N) is 1. The maximum Gasteiger partial charge on any atom is 0.240 e. The van der Waals surface area contributed by atoms with Crippen LogP contribution in [0.4, 0.5) is 5.13 Å². The molecule has 0 saturated carbocycles. The van der Waals surface area contributed by atoms with Gasteiger partial charge in [-0.1, -0.05) is 29.8 Å². The number of thiazole rings is 1. The molecule has 0 unspecified atom stereocenters. The van der Waals surface area contributed by atoms with E-state index in [-0.39, 0.29) is 19.0 Å². The third-order valence-electron chi connectivity index (χ3n) is 6.25. The second-order valence-corrected chi connectivity index (χ2v) is 11.3. The van der Waals surface area contributed by atoms with Crippen LogP contribution in [0, 0.1) is 6.92 Å². The van der Waals surface area contributed by atoms with E-state index in [2.05, 4.69) is 10.3 Å². The van der Waals surface area contributed by atoms with E-state index in [9.17, 15) is 18.3 Å². The van der Waals surface area contributed by atoms with Crippen molar-refractivity contribution in [2.45, 2.75) is 37.8 Å². The van der Waals surface area contributed by atoms with Gasteiger partial charge in [-0.05, 0) is 26.2 Å². The van der Waals surface area contributed by atoms with Crippen LogP contribution in [0.2, 0.25) is 0 Å². The third kappa shape index (κ3) is 4.68. The van der Waals surface area contributed by atoms with Crippen molar-refractivity contribution in [3.05, 3.63) is 35.2 Å². The molecule has 168 valence electrons. The van der Waals surface area contributed by atoms with Gasteiger partial charge >= 0.3 is 0 Å². The van der Waals surface area contributed by atoms with Gasteiger partial charge in [-0.25, -0.2) is 13.4 Å². The van der Waals surface area contributed by atoms with Crippen LogP contribution in [0.5, 0.6) is 0 Å². The molecule has 2 aromatic rings. The lowest BCUT2D eigenvalue weighted by Crippen LogP contribution is -2.63. The summed E-state index contributed by atoms with van der Waals surface area (Å²) < 4.78 is 25.8. The van der Waals surface area contributed by atoms with Crippen molar-refractivity contribution in [3.8, 4) is 11.3 Å². The van der Waals surface area contributed by atoms with Crippen LogP contribution in [0.15, 0.2) is 29.6 Å². The Morgan fingerprint density at radius 1 is 1.29 bits per heavy atom. The summed E-state index contributed by atoms with van der Waals surface area (Å²) >= 11 is 1.37. The van der Waals surface area contributed by atoms with Crippen LogP contribution in [0.3, 0.4) is 0 Å². The molecule has 1 aromatic carbocycles. The van der Waals surface area contributed by atoms with Gasteiger partial charge < -0.3 is 10.4 Å². The summed E-state index contributed by atoms with van der Waals surface area (Å²) in [5.41, 5.74) is 2.26. The number of carbonyl (C=O) groups excluding carboxylic acids is 1. The topological polar surface area (TPSA) is 103 Å². The van der Waals surface area contributed by atoms with Gasteiger partial charge in [-0.2, -0.15) is 4.31 Å². The van der Waals surface area contributed by atoms with E-state index in [4.69, 9.17) is 0 Å². The Kier molecular flexibility index (Phi) is 6.19. The van der Waals surface area contributed by atoms with Gasteiger partial charge in [0.25, 0.3) is 0 Å². The number of aryl methyl sites for hydroxylation is 1. The van der Waals surface area contributed by atoms with Crippen molar-refractivity contribution < 1.29 is 18.3 Å². The highest BCUT2D eigenvalue weighted by Gasteiger charge is 2.52. The highest BCUT2D eigenvalue weighted by molar-refractivity contribution is 7.88. The SMILES string of the molecule is Cc1ccc(-c2csc(NC(=O)CN3CC[C@@]4(CCCN4S(C)(=O)=O)[C@@H](O)C3)n2)cc1. The molecule has 0 aliphatic carbocycles. The van der Waals surface area contributed by atoms with Crippen LogP contribution < -0.4 is 5.32 Å². The minimum atomic E-state index is -3.38. The summed E-state index contributed by atoms with van der Waals surface area (Å²) in [6, 6.07) is 8.06. The molecule has 8 nitrogen and oxygen atoms in total. The normalized spacial score (nSPS) is 25.2. The molecule has 2 aliphatic rings. The van der Waals surface area contributed by atoms with Gasteiger partial charge in [0.05, 0.1) is 30.1 Å². The molecule has 31 heavy (non-hydrogen) atoms. The van der Waals surface area contributed by atoms with Gasteiger partial charge in [0, 0.05) is 30.6 Å². The van der Waals surface area contributed by atoms with E-state index < -0.39 is 21.7 Å². The number of likely N-dealkylation sites (tertiary alicyclic amines) is 1. The quantitative estimate of drug-likeness (QED) is 0.701. The number of aliphatic hydroxyl groups excluding tert-OH is 1. The summed E-state index contributed by atoms with van der Waals surface area (Å²) in [7, 11) is -3.38. The molecule has 2 fully saturated rings. The lowest BCUT2D eigenvalue weighted by molar-refractivity contribution is -0.119. The van der Waals surface area contributed by atoms with E-state index in [1.165, 1.54) is 27.5 Å². The summed E-state index contributed by atoms with van der Waals surface area (Å²) in [6.45, 7) is 3.44. The first-order valence-corrected chi connectivity index (χ1v) is 13.1. The van der Waals surface area contributed by atoms with E-state index >= 15 is 0 Å². The number of anilines is 1. The summed E-state index contributed by atoms with van der Waals surface area (Å²) in [5, 5.41) is 16.1. The number of nitrogens with zero attached hydrogens (tertiary/aromatic N) is 3. The van der Waals surface area contributed by atoms with Gasteiger partial charge in [-0.3, -0.25) is 9.69 Å². The number of piperidine rings is 1. The molecule has 1 aromatic heterocycles. The van der Waals surface area contributed by atoms with Crippen molar-refractivity contribution in [2.75, 3.05) is 37.8 Å². The summed E-state index contributed by atoms with van der Waals surface area (Å²) in [5.74, 6) is -0.195. The monoisotopic (exact) mass is 464 g/mol. The Labute approximate surface area is 187 Å². The number of rotatable bonds is 5. The second kappa shape index (κ2) is 8.59. The predicted octanol–water partition coefficient (Wildman–Crippen LogP) is 1.92. The first kappa shape index (κ1) is 22.3. The lowest BCUT2D eigenvalue weighted by atomic mass is 9.83. The molecule has 0 radical (unpaired) electrons. The van der Waals surface area contributed by atoms with Crippen molar-refractivity contribution in [2.24, 2.45) is 0 Å². The maximum atomic E-state index is 12.5. The number of aromatic nitrogens is 1. The molecule has 2 aliphatic heterocycles. The maximum absolute atomic E-state index is 12.5. The summed E-state index contributed by atoms with van der Waals surface area (Å²) in [6.07, 6.45) is 2.30. The third-order valence-corrected chi connectivity index (χ3v) is 8.35. The number of aliphatic hydroxyl groups is 1. The molecule has 10 heteroatoms. The minimum Gasteiger partial charge on any atom is -0.390 e. The molecule has 2 N–H and O–H groups in total. The first-order chi connectivity index (χ1) is 14.7. The number of sulfonamides is 1. The fraction of sp³-hybridized carbons (Fsp3) is 0.524. The molecule has 1 spiro atoms. The van der Waals surface area contributed by atoms with E-state index in [1.54, 1.807) is 0 Å². The minimum absolute atomic E-state index is 0.130. The molecular formula is C21H28N4O4S2. The van der Waals surface area contributed by atoms with Gasteiger partial charge in [0.1, 0.15) is 0 Å². The van der Waals surface area contributed by atoms with Gasteiger partial charge in [-0.15, -0.1) is 11.3 Å². The van der Waals surface area contributed by atoms with Crippen molar-refractivity contribution in [1.82, 2.24) is 14.2 Å². The molecular weight excluding hydrogens is 436 g/mol. The largest absolute Gasteiger partial charge is 0.390 e. The average Bonchev–Trinajstić information content (AvgIpc) is 3.33. The zero-order valence-electron chi connectivity index (χ0n) is 17.7. The Morgan fingerprint density at radius 3 is 2.71 bits per heavy atom. The molecule has 1 amide bonds. The second-order valence-electron chi connectivity index (χ2n) is 8.50. The van der Waals surface area contributed by atoms with Crippen LogP contribution in [-0.2, 0) is 14.8 Å². The summed E-state index contributed by atoms with van der Waals surface area (Å²) in [4.78, 5) is 18.9. The predicted molar refractivity (Wildman–Crippen MR) is 121 cm³/mol. The number of nitrogens with one attached hydrogen (secondary N) is 1. The van der Waals surface area contributed by atoms with E-state index in [1.807, 2.05) is 41.5 Å². The molecule has 3 heterocycles. The van der Waals surface area contributed by atoms with E-state index in [0.29, 0.717) is 31.1 Å². The molecule has 4 rings (SSSR count). The van der Waals surface area contributed by atoms with Crippen LogP contribution in [-0.4, -0.2) is 77.7 Å².